The Morgan fingerprint density at radius 1 is 1.11 bits per heavy atom. The molecule has 5 nitrogen and oxygen atoms in total. The lowest BCUT2D eigenvalue weighted by molar-refractivity contribution is -0.120. The van der Waals surface area contributed by atoms with Gasteiger partial charge in [0.05, 0.1) is 10.1 Å². The van der Waals surface area contributed by atoms with Crippen LogP contribution in [0.5, 0.6) is 0 Å². The third kappa shape index (κ3) is 4.90. The fraction of sp³-hybridized carbons (Fsp3) is 0.536. The van der Waals surface area contributed by atoms with E-state index in [1.807, 2.05) is 25.1 Å². The molecular weight excluding hydrogens is 482 g/mol. The van der Waals surface area contributed by atoms with Gasteiger partial charge in [-0.25, -0.2) is 8.42 Å². The Kier molecular flexibility index (Phi) is 6.99. The van der Waals surface area contributed by atoms with E-state index in [0.29, 0.717) is 35.0 Å². The zero-order valence-electron chi connectivity index (χ0n) is 20.1. The fourth-order valence-corrected chi connectivity index (χ4v) is 8.93. The third-order valence-corrected chi connectivity index (χ3v) is 11.1. The average molecular weight is 516 g/mol. The Bertz CT molecular complexity index is 1200. The average Bonchev–Trinajstić information content (AvgIpc) is 3.45. The number of sulfone groups is 1. The quantitative estimate of drug-likeness (QED) is 0.508. The van der Waals surface area contributed by atoms with E-state index in [0.717, 1.165) is 30.2 Å². The van der Waals surface area contributed by atoms with Gasteiger partial charge < -0.3 is 10.4 Å². The summed E-state index contributed by atoms with van der Waals surface area (Å²) in [6, 6.07) is 11.9. The summed E-state index contributed by atoms with van der Waals surface area (Å²) >= 11 is 6.09. The highest BCUT2D eigenvalue weighted by Crippen LogP contribution is 2.49. The zero-order valence-corrected chi connectivity index (χ0v) is 21.7. The molecule has 6 atom stereocenters. The van der Waals surface area contributed by atoms with Crippen molar-refractivity contribution >= 4 is 33.0 Å². The van der Waals surface area contributed by atoms with Gasteiger partial charge in [0.2, 0.25) is 5.91 Å². The first-order chi connectivity index (χ1) is 16.8. The molecule has 7 heteroatoms. The van der Waals surface area contributed by atoms with E-state index < -0.39 is 15.1 Å². The zero-order chi connectivity index (χ0) is 24.7. The number of benzene rings is 2. The molecule has 3 aliphatic carbocycles. The maximum atomic E-state index is 13.6. The fourth-order valence-electron chi connectivity index (χ4n) is 6.71. The van der Waals surface area contributed by atoms with Crippen molar-refractivity contribution in [3.05, 3.63) is 58.6 Å². The van der Waals surface area contributed by atoms with Gasteiger partial charge in [-0.1, -0.05) is 49.9 Å². The number of carbonyl (C=O) groups excluding carboxylic acids is 1. The molecule has 2 saturated carbocycles. The van der Waals surface area contributed by atoms with Crippen LogP contribution in [0.1, 0.15) is 61.8 Å². The molecule has 188 valence electrons. The van der Waals surface area contributed by atoms with Gasteiger partial charge in [-0.3, -0.25) is 4.79 Å². The van der Waals surface area contributed by atoms with E-state index in [2.05, 4.69) is 5.32 Å². The molecule has 0 spiro atoms. The van der Waals surface area contributed by atoms with Gasteiger partial charge in [0, 0.05) is 23.2 Å². The van der Waals surface area contributed by atoms with Gasteiger partial charge in [-0.15, -0.1) is 0 Å². The number of fused-ring (bicyclic) bond motifs is 2. The maximum absolute atomic E-state index is 13.6. The minimum atomic E-state index is -3.73. The number of aliphatic hydroxyl groups is 1. The van der Waals surface area contributed by atoms with Gasteiger partial charge in [-0.2, -0.15) is 0 Å². The van der Waals surface area contributed by atoms with Gasteiger partial charge in [-0.05, 0) is 90.8 Å². The summed E-state index contributed by atoms with van der Waals surface area (Å²) in [5.41, 5.74) is 2.24. The second kappa shape index (κ2) is 9.87. The van der Waals surface area contributed by atoms with Crippen molar-refractivity contribution in [3.63, 3.8) is 0 Å². The molecule has 0 bridgehead atoms. The summed E-state index contributed by atoms with van der Waals surface area (Å²) in [5.74, 6) is 1.80. The highest BCUT2D eigenvalue weighted by molar-refractivity contribution is 7.91. The van der Waals surface area contributed by atoms with E-state index in [4.69, 9.17) is 11.6 Å². The van der Waals surface area contributed by atoms with E-state index in [1.54, 1.807) is 18.2 Å². The molecule has 0 heterocycles. The van der Waals surface area contributed by atoms with Crippen LogP contribution in [-0.2, 0) is 21.1 Å². The van der Waals surface area contributed by atoms with Gasteiger partial charge in [0.15, 0.2) is 9.84 Å². The van der Waals surface area contributed by atoms with Crippen LogP contribution >= 0.6 is 11.6 Å². The van der Waals surface area contributed by atoms with Crippen LogP contribution in [0.3, 0.4) is 0 Å². The summed E-state index contributed by atoms with van der Waals surface area (Å²) < 4.78 is 27.3. The molecule has 2 unspecified atom stereocenters. The summed E-state index contributed by atoms with van der Waals surface area (Å²) in [4.78, 5) is 13.3. The number of aliphatic hydroxyl groups excluding tert-OH is 1. The topological polar surface area (TPSA) is 83.5 Å². The number of nitrogens with one attached hydrogen (secondary N) is 1. The van der Waals surface area contributed by atoms with Crippen molar-refractivity contribution < 1.29 is 18.3 Å². The highest BCUT2D eigenvalue weighted by Gasteiger charge is 2.41. The Balaban J connectivity index is 1.39. The van der Waals surface area contributed by atoms with Crippen molar-refractivity contribution in [2.45, 2.75) is 62.0 Å². The van der Waals surface area contributed by atoms with E-state index in [9.17, 15) is 18.3 Å². The first-order valence-electron chi connectivity index (χ1n) is 12.8. The largest absolute Gasteiger partial charge is 0.396 e. The molecule has 0 aliphatic heterocycles. The molecule has 2 aromatic rings. The molecular formula is C28H34ClNO4S. The van der Waals surface area contributed by atoms with Crippen molar-refractivity contribution in [2.75, 3.05) is 11.9 Å². The molecule has 0 saturated heterocycles. The summed E-state index contributed by atoms with van der Waals surface area (Å²) in [7, 11) is -3.73. The lowest BCUT2D eigenvalue weighted by Gasteiger charge is -2.31. The number of carbonyl (C=O) groups is 1. The monoisotopic (exact) mass is 515 g/mol. The van der Waals surface area contributed by atoms with E-state index in [1.165, 1.54) is 25.3 Å². The molecule has 1 amide bonds. The molecule has 2 aromatic carbocycles. The van der Waals surface area contributed by atoms with Crippen LogP contribution in [0.25, 0.3) is 0 Å². The normalized spacial score (nSPS) is 28.8. The molecule has 0 radical (unpaired) electrons. The predicted octanol–water partition coefficient (Wildman–Crippen LogP) is 5.81. The van der Waals surface area contributed by atoms with Crippen molar-refractivity contribution in [1.29, 1.82) is 0 Å². The molecule has 35 heavy (non-hydrogen) atoms. The Hall–Kier alpha value is -1.89. The van der Waals surface area contributed by atoms with Crippen LogP contribution in [0, 0.1) is 29.6 Å². The number of anilines is 1. The SMILES string of the molecule is C[C@H](C(=O)Nc1ccc2c(c1)C(S(=O)(=O)c1cccc(Cl)c1)C[C@H](CO)C2)C1C[C@H]2CCC[C@H]2C1. The van der Waals surface area contributed by atoms with Crippen LogP contribution in [-0.4, -0.2) is 26.0 Å². The van der Waals surface area contributed by atoms with Crippen LogP contribution in [0.4, 0.5) is 5.69 Å². The van der Waals surface area contributed by atoms with Crippen LogP contribution in [0.15, 0.2) is 47.4 Å². The third-order valence-electron chi connectivity index (χ3n) is 8.72. The molecule has 5 rings (SSSR count). The lowest BCUT2D eigenvalue weighted by Crippen LogP contribution is -2.28. The van der Waals surface area contributed by atoms with Gasteiger partial charge in [0.25, 0.3) is 0 Å². The Morgan fingerprint density at radius 2 is 1.86 bits per heavy atom. The van der Waals surface area contributed by atoms with E-state index in [-0.39, 0.29) is 29.2 Å². The number of hydrogen-bond donors (Lipinski definition) is 2. The first-order valence-corrected chi connectivity index (χ1v) is 14.7. The van der Waals surface area contributed by atoms with Crippen molar-refractivity contribution in [2.24, 2.45) is 29.6 Å². The van der Waals surface area contributed by atoms with Gasteiger partial charge >= 0.3 is 0 Å². The number of halogens is 1. The molecule has 3 aliphatic rings. The van der Waals surface area contributed by atoms with Crippen LogP contribution in [0.2, 0.25) is 5.02 Å². The van der Waals surface area contributed by atoms with Crippen molar-refractivity contribution in [1.82, 2.24) is 0 Å². The van der Waals surface area contributed by atoms with E-state index >= 15 is 0 Å². The second-order valence-corrected chi connectivity index (χ2v) is 13.4. The smallest absolute Gasteiger partial charge is 0.227 e. The van der Waals surface area contributed by atoms with Gasteiger partial charge in [0.1, 0.15) is 0 Å². The number of amides is 1. The lowest BCUT2D eigenvalue weighted by atomic mass is 9.83. The Morgan fingerprint density at radius 3 is 2.54 bits per heavy atom. The summed E-state index contributed by atoms with van der Waals surface area (Å²) in [6.45, 7) is 1.96. The van der Waals surface area contributed by atoms with Crippen molar-refractivity contribution in [3.8, 4) is 0 Å². The summed E-state index contributed by atoms with van der Waals surface area (Å²) in [6.07, 6.45) is 7.17. The first kappa shape index (κ1) is 24.8. The number of rotatable bonds is 6. The molecule has 2 N–H and O–H groups in total. The van der Waals surface area contributed by atoms with Crippen LogP contribution < -0.4 is 5.32 Å². The minimum absolute atomic E-state index is 0.00761. The molecule has 0 aromatic heterocycles. The number of hydrogen-bond acceptors (Lipinski definition) is 4. The Labute approximate surface area is 213 Å². The maximum Gasteiger partial charge on any atom is 0.227 e. The summed E-state index contributed by atoms with van der Waals surface area (Å²) in [5, 5.41) is 12.5. The predicted molar refractivity (Wildman–Crippen MR) is 138 cm³/mol. The second-order valence-electron chi connectivity index (χ2n) is 10.9. The highest BCUT2D eigenvalue weighted by atomic mass is 35.5. The molecule has 2 fully saturated rings. The minimum Gasteiger partial charge on any atom is -0.396 e. The standard InChI is InChI=1S/C28H34ClNO4S/c1-17(22-12-19-4-2-5-20(19)13-22)28(32)30-24-9-8-21-10-18(16-31)11-27(26(21)15-24)35(33,34)25-7-3-6-23(29)14-25/h3,6-9,14-15,17-20,22,27,31H,2,4-5,10-13,16H2,1H3,(H,30,32)/t17-,18+,19-,20+,22?,27?/m0/s1.